The predicted molar refractivity (Wildman–Crippen MR) is 89.6 cm³/mol. The summed E-state index contributed by atoms with van der Waals surface area (Å²) in [6.45, 7) is 3.72. The number of nitrogens with one attached hydrogen (secondary N) is 1. The molecule has 0 radical (unpaired) electrons. The van der Waals surface area contributed by atoms with E-state index in [1.807, 2.05) is 42.2 Å². The van der Waals surface area contributed by atoms with Crippen molar-refractivity contribution in [1.29, 1.82) is 0 Å². The molecule has 3 rings (SSSR count). The lowest BCUT2D eigenvalue weighted by molar-refractivity contribution is -0.134. The van der Waals surface area contributed by atoms with Crippen LogP contribution in [-0.4, -0.2) is 29.8 Å². The molecule has 0 spiro atoms. The van der Waals surface area contributed by atoms with Crippen molar-refractivity contribution in [3.8, 4) is 0 Å². The lowest BCUT2D eigenvalue weighted by Gasteiger charge is -2.20. The first-order valence-electron chi connectivity index (χ1n) is 8.81. The highest BCUT2D eigenvalue weighted by Crippen LogP contribution is 2.41. The molecule has 124 valence electrons. The van der Waals surface area contributed by atoms with Crippen molar-refractivity contribution < 1.29 is 9.59 Å². The molecular formula is C19H26N2O2. The molecule has 1 aliphatic carbocycles. The average Bonchev–Trinajstić information content (AvgIpc) is 3.39. The Morgan fingerprint density at radius 1 is 1.04 bits per heavy atom. The van der Waals surface area contributed by atoms with Crippen molar-refractivity contribution >= 4 is 11.8 Å². The van der Waals surface area contributed by atoms with Gasteiger partial charge in [0.15, 0.2) is 0 Å². The molecule has 3 unspecified atom stereocenters. The van der Waals surface area contributed by atoms with E-state index in [9.17, 15) is 9.59 Å². The lowest BCUT2D eigenvalue weighted by atomic mass is 10.1. The smallest absolute Gasteiger partial charge is 0.226 e. The number of carbonyl (C=O) groups excluding carboxylic acids is 2. The molecule has 4 heteroatoms. The first-order chi connectivity index (χ1) is 11.2. The molecule has 3 atom stereocenters. The van der Waals surface area contributed by atoms with E-state index < -0.39 is 0 Å². The van der Waals surface area contributed by atoms with Crippen LogP contribution in [-0.2, 0) is 9.59 Å². The van der Waals surface area contributed by atoms with Crippen LogP contribution in [0.2, 0.25) is 0 Å². The summed E-state index contributed by atoms with van der Waals surface area (Å²) in [6.07, 6.45) is 5.34. The van der Waals surface area contributed by atoms with Crippen molar-refractivity contribution in [2.24, 2.45) is 11.8 Å². The number of carbonyl (C=O) groups is 2. The SMILES string of the molecule is CC(NC(=O)C1CC1C(=O)N1CCCCCC1)c1ccccc1. The average molecular weight is 314 g/mol. The van der Waals surface area contributed by atoms with Crippen LogP contribution in [0.4, 0.5) is 0 Å². The van der Waals surface area contributed by atoms with Crippen molar-refractivity contribution in [3.63, 3.8) is 0 Å². The van der Waals surface area contributed by atoms with E-state index in [-0.39, 0.29) is 29.7 Å². The van der Waals surface area contributed by atoms with E-state index in [1.165, 1.54) is 12.8 Å². The van der Waals surface area contributed by atoms with Gasteiger partial charge in [-0.15, -0.1) is 0 Å². The maximum atomic E-state index is 12.5. The van der Waals surface area contributed by atoms with Crippen molar-refractivity contribution in [2.75, 3.05) is 13.1 Å². The van der Waals surface area contributed by atoms with Crippen LogP contribution < -0.4 is 5.32 Å². The molecule has 23 heavy (non-hydrogen) atoms. The van der Waals surface area contributed by atoms with Gasteiger partial charge in [0.2, 0.25) is 11.8 Å². The fourth-order valence-corrected chi connectivity index (χ4v) is 3.43. The predicted octanol–water partition coefficient (Wildman–Crippen LogP) is 2.90. The molecule has 2 amide bonds. The van der Waals surface area contributed by atoms with E-state index in [0.717, 1.165) is 31.5 Å². The van der Waals surface area contributed by atoms with Crippen LogP contribution in [0.1, 0.15) is 50.6 Å². The molecule has 1 N–H and O–H groups in total. The summed E-state index contributed by atoms with van der Waals surface area (Å²) in [6, 6.07) is 9.92. The third kappa shape index (κ3) is 3.92. The van der Waals surface area contributed by atoms with Crippen LogP contribution in [0.3, 0.4) is 0 Å². The highest BCUT2D eigenvalue weighted by molar-refractivity contribution is 5.92. The molecule has 4 nitrogen and oxygen atoms in total. The monoisotopic (exact) mass is 314 g/mol. The molecule has 2 fully saturated rings. The molecule has 1 saturated heterocycles. The Kier molecular flexibility index (Phi) is 4.99. The topological polar surface area (TPSA) is 49.4 Å². The Bertz CT molecular complexity index is 550. The lowest BCUT2D eigenvalue weighted by Crippen LogP contribution is -2.35. The largest absolute Gasteiger partial charge is 0.349 e. The minimum atomic E-state index is -0.128. The zero-order valence-corrected chi connectivity index (χ0v) is 13.8. The Hall–Kier alpha value is -1.84. The second-order valence-corrected chi connectivity index (χ2v) is 6.83. The van der Waals surface area contributed by atoms with Gasteiger partial charge in [0.05, 0.1) is 17.9 Å². The van der Waals surface area contributed by atoms with Gasteiger partial charge in [-0.3, -0.25) is 9.59 Å². The fourth-order valence-electron chi connectivity index (χ4n) is 3.43. The van der Waals surface area contributed by atoms with Crippen LogP contribution in [0, 0.1) is 11.8 Å². The van der Waals surface area contributed by atoms with Gasteiger partial charge in [-0.25, -0.2) is 0 Å². The van der Waals surface area contributed by atoms with Gasteiger partial charge < -0.3 is 10.2 Å². The maximum Gasteiger partial charge on any atom is 0.226 e. The minimum absolute atomic E-state index is 0.0155. The first-order valence-corrected chi connectivity index (χ1v) is 8.81. The van der Waals surface area contributed by atoms with Gasteiger partial charge in [0, 0.05) is 13.1 Å². The molecule has 1 aromatic rings. The molecule has 1 heterocycles. The Labute approximate surface area is 138 Å². The molecular weight excluding hydrogens is 288 g/mol. The zero-order valence-electron chi connectivity index (χ0n) is 13.8. The van der Waals surface area contributed by atoms with Crippen LogP contribution in [0.5, 0.6) is 0 Å². The number of benzene rings is 1. The Balaban J connectivity index is 1.51. The van der Waals surface area contributed by atoms with E-state index in [0.29, 0.717) is 6.42 Å². The van der Waals surface area contributed by atoms with Crippen LogP contribution in [0.25, 0.3) is 0 Å². The minimum Gasteiger partial charge on any atom is -0.349 e. The van der Waals surface area contributed by atoms with Crippen molar-refractivity contribution in [3.05, 3.63) is 35.9 Å². The first kappa shape index (κ1) is 16.0. The normalized spacial score (nSPS) is 25.3. The van der Waals surface area contributed by atoms with Gasteiger partial charge in [0.25, 0.3) is 0 Å². The number of hydrogen-bond acceptors (Lipinski definition) is 2. The van der Waals surface area contributed by atoms with E-state index in [1.54, 1.807) is 0 Å². The number of likely N-dealkylation sites (tertiary alicyclic amines) is 1. The molecule has 1 saturated carbocycles. The van der Waals surface area contributed by atoms with Crippen LogP contribution in [0.15, 0.2) is 30.3 Å². The maximum absolute atomic E-state index is 12.5. The van der Waals surface area contributed by atoms with Gasteiger partial charge >= 0.3 is 0 Å². The summed E-state index contributed by atoms with van der Waals surface area (Å²) in [4.78, 5) is 26.9. The van der Waals surface area contributed by atoms with E-state index in [2.05, 4.69) is 5.32 Å². The van der Waals surface area contributed by atoms with E-state index in [4.69, 9.17) is 0 Å². The fraction of sp³-hybridized carbons (Fsp3) is 0.579. The molecule has 1 aromatic carbocycles. The Morgan fingerprint density at radius 2 is 1.70 bits per heavy atom. The standard InChI is InChI=1S/C19H26N2O2/c1-14(15-9-5-4-6-10-15)20-18(22)16-13-17(16)19(23)21-11-7-2-3-8-12-21/h4-6,9-10,14,16-17H,2-3,7-8,11-13H2,1H3,(H,20,22). The van der Waals surface area contributed by atoms with Gasteiger partial charge in [-0.05, 0) is 31.7 Å². The number of nitrogens with zero attached hydrogens (tertiary/aromatic N) is 1. The summed E-state index contributed by atoms with van der Waals surface area (Å²) in [5.74, 6) is 0.00179. The van der Waals surface area contributed by atoms with Gasteiger partial charge in [0.1, 0.15) is 0 Å². The molecule has 0 aromatic heterocycles. The highest BCUT2D eigenvalue weighted by Gasteiger charge is 2.49. The summed E-state index contributed by atoms with van der Waals surface area (Å²) in [5.41, 5.74) is 1.09. The highest BCUT2D eigenvalue weighted by atomic mass is 16.2. The summed E-state index contributed by atoms with van der Waals surface area (Å²) < 4.78 is 0. The second-order valence-electron chi connectivity index (χ2n) is 6.83. The molecule has 1 aliphatic heterocycles. The molecule has 0 bridgehead atoms. The summed E-state index contributed by atoms with van der Waals surface area (Å²) >= 11 is 0. The quantitative estimate of drug-likeness (QED) is 0.929. The third-order valence-corrected chi connectivity index (χ3v) is 5.02. The Morgan fingerprint density at radius 3 is 2.35 bits per heavy atom. The third-order valence-electron chi connectivity index (χ3n) is 5.02. The van der Waals surface area contributed by atoms with Crippen molar-refractivity contribution in [2.45, 2.75) is 45.1 Å². The zero-order chi connectivity index (χ0) is 16.2. The number of rotatable bonds is 4. The molecule has 2 aliphatic rings. The van der Waals surface area contributed by atoms with Gasteiger partial charge in [-0.2, -0.15) is 0 Å². The van der Waals surface area contributed by atoms with E-state index >= 15 is 0 Å². The second kappa shape index (κ2) is 7.16. The number of hydrogen-bond donors (Lipinski definition) is 1. The summed E-state index contributed by atoms with van der Waals surface area (Å²) in [5, 5.41) is 3.05. The number of amides is 2. The van der Waals surface area contributed by atoms with Crippen molar-refractivity contribution in [1.82, 2.24) is 10.2 Å². The summed E-state index contributed by atoms with van der Waals surface area (Å²) in [7, 11) is 0. The van der Waals surface area contributed by atoms with Gasteiger partial charge in [-0.1, -0.05) is 43.2 Å². The van der Waals surface area contributed by atoms with Crippen LogP contribution >= 0.6 is 0 Å².